The number of allylic oxidation sites excluding steroid dienone is 5. The van der Waals surface area contributed by atoms with Crippen molar-refractivity contribution in [1.29, 1.82) is 0 Å². The van der Waals surface area contributed by atoms with Gasteiger partial charge in [-0.3, -0.25) is 4.79 Å². The van der Waals surface area contributed by atoms with Crippen molar-refractivity contribution in [2.75, 3.05) is 36.8 Å². The van der Waals surface area contributed by atoms with Gasteiger partial charge in [-0.1, -0.05) is 42.2 Å². The molecular formula is C19H24N6OS. The third-order valence-corrected chi connectivity index (χ3v) is 4.77. The van der Waals surface area contributed by atoms with Crippen LogP contribution in [0.3, 0.4) is 0 Å². The molecule has 8 heteroatoms. The maximum Gasteiger partial charge on any atom is 0.225 e. The third kappa shape index (κ3) is 6.67. The van der Waals surface area contributed by atoms with E-state index in [1.807, 2.05) is 25.2 Å². The summed E-state index contributed by atoms with van der Waals surface area (Å²) >= 11 is 1.49. The largest absolute Gasteiger partial charge is 0.375 e. The first kappa shape index (κ1) is 20.3. The normalized spacial score (nSPS) is 14.6. The zero-order valence-electron chi connectivity index (χ0n) is 15.4. The number of nitrogens with zero attached hydrogens (tertiary/aromatic N) is 5. The molecule has 2 N–H and O–H groups in total. The van der Waals surface area contributed by atoms with Crippen molar-refractivity contribution < 1.29 is 4.79 Å². The minimum Gasteiger partial charge on any atom is -0.375 e. The van der Waals surface area contributed by atoms with Gasteiger partial charge in [0.2, 0.25) is 12.4 Å². The smallest absolute Gasteiger partial charge is 0.225 e. The summed E-state index contributed by atoms with van der Waals surface area (Å²) in [5.41, 5.74) is 6.68. The summed E-state index contributed by atoms with van der Waals surface area (Å²) in [5, 5.41) is 0.607. The van der Waals surface area contributed by atoms with E-state index in [2.05, 4.69) is 26.4 Å². The van der Waals surface area contributed by atoms with Gasteiger partial charge in [0, 0.05) is 44.8 Å². The van der Waals surface area contributed by atoms with Crippen molar-refractivity contribution in [1.82, 2.24) is 19.9 Å². The summed E-state index contributed by atoms with van der Waals surface area (Å²) in [6.45, 7) is 8.74. The van der Waals surface area contributed by atoms with Gasteiger partial charge in [-0.25, -0.2) is 15.0 Å². The maximum absolute atomic E-state index is 10.5. The summed E-state index contributed by atoms with van der Waals surface area (Å²) in [6, 6.07) is 1.80. The predicted molar refractivity (Wildman–Crippen MR) is 111 cm³/mol. The van der Waals surface area contributed by atoms with Crippen LogP contribution in [-0.4, -0.2) is 52.4 Å². The number of nitrogen functional groups attached to an aromatic ring is 1. The van der Waals surface area contributed by atoms with Crippen molar-refractivity contribution in [3.8, 4) is 0 Å². The van der Waals surface area contributed by atoms with Gasteiger partial charge in [-0.15, -0.1) is 0 Å². The van der Waals surface area contributed by atoms with Crippen molar-refractivity contribution in [3.05, 3.63) is 60.4 Å². The lowest BCUT2D eigenvalue weighted by Gasteiger charge is -2.32. The minimum atomic E-state index is 0.607. The van der Waals surface area contributed by atoms with Gasteiger partial charge in [-0.05, 0) is 18.6 Å². The predicted octanol–water partition coefficient (Wildman–Crippen LogP) is 2.63. The number of hydrogen-bond donors (Lipinski definition) is 1. The fourth-order valence-electron chi connectivity index (χ4n) is 2.31. The topological polar surface area (TPSA) is 88.2 Å². The Labute approximate surface area is 163 Å². The van der Waals surface area contributed by atoms with Crippen LogP contribution in [0.25, 0.3) is 5.57 Å². The molecule has 3 rings (SSSR count). The number of aromatic nitrogens is 3. The molecule has 27 heavy (non-hydrogen) atoms. The monoisotopic (exact) mass is 384 g/mol. The zero-order valence-corrected chi connectivity index (χ0v) is 16.2. The number of piperazine rings is 1. The summed E-state index contributed by atoms with van der Waals surface area (Å²) in [4.78, 5) is 27.7. The molecular weight excluding hydrogens is 360 g/mol. The first-order valence-electron chi connectivity index (χ1n) is 8.53. The van der Waals surface area contributed by atoms with Crippen LogP contribution in [0.5, 0.6) is 0 Å². The van der Waals surface area contributed by atoms with Crippen molar-refractivity contribution in [2.24, 2.45) is 0 Å². The molecule has 1 amide bonds. The molecule has 0 bridgehead atoms. The van der Waals surface area contributed by atoms with Crippen LogP contribution >= 0.6 is 11.3 Å². The van der Waals surface area contributed by atoms with Crippen molar-refractivity contribution >= 4 is 34.4 Å². The lowest BCUT2D eigenvalue weighted by molar-refractivity contribution is -0.118. The summed E-state index contributed by atoms with van der Waals surface area (Å²) in [6.07, 6.45) is 13.7. The first-order valence-corrected chi connectivity index (χ1v) is 9.34. The SMILES string of the molecule is C=C/C=C\C=C(/C)c1cnc(N)s1.O=CN1CCN(c2ncccn2)CC1. The van der Waals surface area contributed by atoms with Gasteiger partial charge >= 0.3 is 0 Å². The fraction of sp³-hybridized carbons (Fsp3) is 0.263. The van der Waals surface area contributed by atoms with Gasteiger partial charge < -0.3 is 15.5 Å². The van der Waals surface area contributed by atoms with Gasteiger partial charge in [0.1, 0.15) is 0 Å². The quantitative estimate of drug-likeness (QED) is 0.630. The average molecular weight is 385 g/mol. The third-order valence-electron chi connectivity index (χ3n) is 3.80. The lowest BCUT2D eigenvalue weighted by Crippen LogP contribution is -2.46. The second kappa shape index (κ2) is 10.9. The molecule has 1 aliphatic rings. The highest BCUT2D eigenvalue weighted by atomic mass is 32.1. The van der Waals surface area contributed by atoms with Crippen LogP contribution in [0.15, 0.2) is 55.5 Å². The highest BCUT2D eigenvalue weighted by Gasteiger charge is 2.16. The Morgan fingerprint density at radius 2 is 1.89 bits per heavy atom. The second-order valence-corrected chi connectivity index (χ2v) is 6.77. The lowest BCUT2D eigenvalue weighted by atomic mass is 10.2. The molecule has 0 aliphatic carbocycles. The highest BCUT2D eigenvalue weighted by molar-refractivity contribution is 7.16. The fourth-order valence-corrected chi connectivity index (χ4v) is 2.98. The van der Waals surface area contributed by atoms with Crippen LogP contribution in [-0.2, 0) is 4.79 Å². The van der Waals surface area contributed by atoms with Crippen LogP contribution in [0.1, 0.15) is 11.8 Å². The summed E-state index contributed by atoms with van der Waals surface area (Å²) < 4.78 is 0. The molecule has 0 radical (unpaired) electrons. The van der Waals surface area contributed by atoms with Crippen molar-refractivity contribution in [2.45, 2.75) is 6.92 Å². The Hall–Kier alpha value is -3.00. The van der Waals surface area contributed by atoms with E-state index in [1.54, 1.807) is 35.6 Å². The van der Waals surface area contributed by atoms with E-state index >= 15 is 0 Å². The standard InChI is InChI=1S/C10H12N2S.C9H12N4O/c1-3-4-5-6-8(2)9-7-12-10(11)13-9;14-8-12-4-6-13(7-5-12)9-10-2-1-3-11-9/h3-7H,1H2,2H3,(H2,11,12);1-3,8H,4-7H2/b5-4-,8-6+;. The van der Waals surface area contributed by atoms with Gasteiger partial charge in [0.15, 0.2) is 5.13 Å². The van der Waals surface area contributed by atoms with Crippen molar-refractivity contribution in [3.63, 3.8) is 0 Å². The van der Waals surface area contributed by atoms with Crippen LogP contribution in [0.2, 0.25) is 0 Å². The zero-order chi connectivity index (χ0) is 19.5. The number of thiazole rings is 1. The van der Waals surface area contributed by atoms with E-state index in [1.165, 1.54) is 11.3 Å². The Morgan fingerprint density at radius 3 is 2.44 bits per heavy atom. The molecule has 3 heterocycles. The highest BCUT2D eigenvalue weighted by Crippen LogP contribution is 2.22. The van der Waals surface area contributed by atoms with Crippen LogP contribution < -0.4 is 10.6 Å². The number of nitrogens with two attached hydrogens (primary N) is 1. The molecule has 1 saturated heterocycles. The van der Waals surface area contributed by atoms with Crippen LogP contribution in [0.4, 0.5) is 11.1 Å². The van der Waals surface area contributed by atoms with Gasteiger partial charge in [0.05, 0.1) is 4.88 Å². The number of rotatable bonds is 5. The van der Waals surface area contributed by atoms with E-state index in [0.717, 1.165) is 49.0 Å². The molecule has 2 aromatic rings. The van der Waals surface area contributed by atoms with E-state index in [-0.39, 0.29) is 0 Å². The van der Waals surface area contributed by atoms with Gasteiger partial charge in [0.25, 0.3) is 0 Å². The Morgan fingerprint density at radius 1 is 1.19 bits per heavy atom. The summed E-state index contributed by atoms with van der Waals surface area (Å²) in [7, 11) is 0. The van der Waals surface area contributed by atoms with E-state index < -0.39 is 0 Å². The molecule has 142 valence electrons. The van der Waals surface area contributed by atoms with E-state index in [4.69, 9.17) is 5.73 Å². The number of carbonyl (C=O) groups excluding carboxylic acids is 1. The molecule has 2 aromatic heterocycles. The molecule has 0 saturated carbocycles. The average Bonchev–Trinajstić information content (AvgIpc) is 3.16. The minimum absolute atomic E-state index is 0.607. The molecule has 0 atom stereocenters. The number of carbonyl (C=O) groups is 1. The maximum atomic E-state index is 10.5. The second-order valence-electron chi connectivity index (χ2n) is 5.71. The Bertz CT molecular complexity index is 779. The van der Waals surface area contributed by atoms with Gasteiger partial charge in [-0.2, -0.15) is 0 Å². The first-order chi connectivity index (χ1) is 13.1. The molecule has 1 aliphatic heterocycles. The van der Waals surface area contributed by atoms with E-state index in [9.17, 15) is 4.79 Å². The van der Waals surface area contributed by atoms with Crippen LogP contribution in [0, 0.1) is 0 Å². The number of anilines is 2. The number of amides is 1. The Balaban J connectivity index is 0.000000194. The summed E-state index contributed by atoms with van der Waals surface area (Å²) in [5.74, 6) is 0.748. The number of hydrogen-bond acceptors (Lipinski definition) is 7. The van der Waals surface area contributed by atoms with E-state index in [0.29, 0.717) is 5.13 Å². The Kier molecular flexibility index (Phi) is 8.18. The molecule has 7 nitrogen and oxygen atoms in total. The molecule has 0 unspecified atom stereocenters. The molecule has 0 spiro atoms. The molecule has 0 aromatic carbocycles. The molecule has 1 fully saturated rings.